The van der Waals surface area contributed by atoms with E-state index in [0.717, 1.165) is 17.8 Å². The number of nitrogens with zero attached hydrogens (tertiary/aromatic N) is 3. The van der Waals surface area contributed by atoms with Crippen LogP contribution in [0, 0.1) is 5.92 Å². The van der Waals surface area contributed by atoms with E-state index >= 15 is 0 Å². The standard InChI is InChI=1S/C24H27F6N5O3S/c1-22(38-3)18(20(36)34(2)33-22)31-19-17(39-21(37)32-19)10-13-6-8-35(9-7-13)12-14-4-5-15(23(25,26)27)11-16(14)24(28,29)30/h4-5,10-11,13,18,33H,6-9,12H2,1-3H3,(H,31,32,37)/b17-10-/t18-,22-/m1/s1. The number of ether oxygens (including phenoxy) is 1. The van der Waals surface area contributed by atoms with E-state index in [1.165, 1.54) is 19.2 Å². The summed E-state index contributed by atoms with van der Waals surface area (Å²) in [5.74, 6) is -0.122. The number of hydrogen-bond acceptors (Lipinski definition) is 7. The first kappa shape index (κ1) is 29.4. The van der Waals surface area contributed by atoms with Gasteiger partial charge in [-0.2, -0.15) is 31.8 Å². The maximum atomic E-state index is 13.5. The lowest BCUT2D eigenvalue weighted by Gasteiger charge is -2.31. The third kappa shape index (κ3) is 6.42. The number of amidine groups is 1. The number of amides is 2. The Morgan fingerprint density at radius 1 is 1.15 bits per heavy atom. The van der Waals surface area contributed by atoms with Crippen LogP contribution in [0.4, 0.5) is 31.1 Å². The molecule has 4 rings (SSSR count). The van der Waals surface area contributed by atoms with Crippen molar-refractivity contribution in [2.75, 3.05) is 27.2 Å². The summed E-state index contributed by atoms with van der Waals surface area (Å²) in [5, 5.41) is 3.56. The SMILES string of the molecule is CO[C@@]1(C)NN(C)C(=O)[C@H]1N=C1NC(=O)S/C1=C\C1CCN(Cc2ccc(C(F)(F)F)cc2C(F)(F)F)CC1. The van der Waals surface area contributed by atoms with Crippen LogP contribution in [-0.4, -0.2) is 65.9 Å². The van der Waals surface area contributed by atoms with Gasteiger partial charge >= 0.3 is 12.4 Å². The van der Waals surface area contributed by atoms with Gasteiger partial charge in [0.2, 0.25) is 0 Å². The summed E-state index contributed by atoms with van der Waals surface area (Å²) >= 11 is 0.935. The Morgan fingerprint density at radius 3 is 2.41 bits per heavy atom. The highest BCUT2D eigenvalue weighted by Crippen LogP contribution is 2.38. The average molecular weight is 580 g/mol. The predicted molar refractivity (Wildman–Crippen MR) is 131 cm³/mol. The predicted octanol–water partition coefficient (Wildman–Crippen LogP) is 4.38. The zero-order valence-corrected chi connectivity index (χ0v) is 22.1. The number of carbonyl (C=O) groups is 2. The Kier molecular flexibility index (Phi) is 8.09. The number of carbonyl (C=O) groups excluding carboxylic acids is 2. The van der Waals surface area contributed by atoms with E-state index < -0.39 is 35.2 Å². The number of likely N-dealkylation sites (N-methyl/N-ethyl adjacent to an activating group) is 1. The first-order valence-electron chi connectivity index (χ1n) is 12.0. The van der Waals surface area contributed by atoms with Crippen LogP contribution in [0.5, 0.6) is 0 Å². The first-order valence-corrected chi connectivity index (χ1v) is 12.8. The third-order valence-electron chi connectivity index (χ3n) is 6.97. The third-order valence-corrected chi connectivity index (χ3v) is 7.81. The molecule has 2 N–H and O–H groups in total. The summed E-state index contributed by atoms with van der Waals surface area (Å²) in [5.41, 5.74) is -1.07. The lowest BCUT2D eigenvalue weighted by molar-refractivity contribution is -0.143. The highest BCUT2D eigenvalue weighted by atomic mass is 32.2. The largest absolute Gasteiger partial charge is 0.416 e. The van der Waals surface area contributed by atoms with Crippen LogP contribution in [0.1, 0.15) is 36.5 Å². The molecule has 2 amide bonds. The van der Waals surface area contributed by atoms with E-state index in [0.29, 0.717) is 36.9 Å². The van der Waals surface area contributed by atoms with Gasteiger partial charge in [-0.05, 0) is 68.2 Å². The molecule has 0 spiro atoms. The maximum Gasteiger partial charge on any atom is 0.416 e. The minimum Gasteiger partial charge on any atom is -0.360 e. The Morgan fingerprint density at radius 2 is 1.82 bits per heavy atom. The van der Waals surface area contributed by atoms with Gasteiger partial charge in [-0.25, -0.2) is 4.99 Å². The number of rotatable bonds is 5. The molecule has 8 nitrogen and oxygen atoms in total. The summed E-state index contributed by atoms with van der Waals surface area (Å²) in [7, 11) is 2.97. The molecule has 2 atom stereocenters. The second-order valence-corrected chi connectivity index (χ2v) is 10.7. The number of allylic oxidation sites excluding steroid dienone is 1. The van der Waals surface area contributed by atoms with Crippen molar-refractivity contribution in [3.63, 3.8) is 0 Å². The zero-order valence-electron chi connectivity index (χ0n) is 21.2. The summed E-state index contributed by atoms with van der Waals surface area (Å²) in [6, 6.07) is 0.768. The summed E-state index contributed by atoms with van der Waals surface area (Å²) in [4.78, 5) is 31.5. The van der Waals surface area contributed by atoms with Crippen molar-refractivity contribution in [1.82, 2.24) is 20.7 Å². The van der Waals surface area contributed by atoms with Crippen LogP contribution in [0.2, 0.25) is 0 Å². The van der Waals surface area contributed by atoms with E-state index in [4.69, 9.17) is 4.74 Å². The number of methoxy groups -OCH3 is 1. The van der Waals surface area contributed by atoms with Crippen molar-refractivity contribution in [3.8, 4) is 0 Å². The minimum absolute atomic E-state index is 0.0229. The lowest BCUT2D eigenvalue weighted by atomic mass is 9.95. The number of hydrogen-bond donors (Lipinski definition) is 2. The molecule has 0 radical (unpaired) electrons. The molecule has 3 saturated heterocycles. The molecule has 39 heavy (non-hydrogen) atoms. The Labute approximate surface area is 224 Å². The number of alkyl halides is 6. The average Bonchev–Trinajstić information content (AvgIpc) is 3.30. The molecule has 0 aliphatic carbocycles. The van der Waals surface area contributed by atoms with Gasteiger partial charge in [-0.3, -0.25) is 19.5 Å². The van der Waals surface area contributed by atoms with Crippen LogP contribution in [0.3, 0.4) is 0 Å². The molecule has 3 fully saturated rings. The number of benzene rings is 1. The van der Waals surface area contributed by atoms with Crippen molar-refractivity contribution in [3.05, 3.63) is 45.9 Å². The van der Waals surface area contributed by atoms with Crippen LogP contribution < -0.4 is 10.7 Å². The molecule has 15 heteroatoms. The molecular formula is C24H27F6N5O3S. The van der Waals surface area contributed by atoms with Crippen LogP contribution in [0.25, 0.3) is 0 Å². The number of likely N-dealkylation sites (tertiary alicyclic amines) is 1. The molecule has 0 unspecified atom stereocenters. The van der Waals surface area contributed by atoms with E-state index in [-0.39, 0.29) is 41.1 Å². The quantitative estimate of drug-likeness (QED) is 0.504. The van der Waals surface area contributed by atoms with Gasteiger partial charge < -0.3 is 10.1 Å². The van der Waals surface area contributed by atoms with Gasteiger partial charge in [0.05, 0.1) is 16.0 Å². The molecule has 0 aromatic heterocycles. The Hall–Kier alpha value is -2.62. The van der Waals surface area contributed by atoms with Gasteiger partial charge in [0, 0.05) is 20.7 Å². The monoisotopic (exact) mass is 579 g/mol. The molecule has 214 valence electrons. The number of hydrazine groups is 1. The molecule has 3 heterocycles. The van der Waals surface area contributed by atoms with E-state index in [1.54, 1.807) is 11.8 Å². The van der Waals surface area contributed by atoms with Crippen LogP contribution in [0.15, 0.2) is 34.2 Å². The Balaban J connectivity index is 1.46. The molecule has 1 aromatic carbocycles. The van der Waals surface area contributed by atoms with E-state index in [9.17, 15) is 35.9 Å². The normalized spacial score (nSPS) is 27.7. The highest BCUT2D eigenvalue weighted by molar-refractivity contribution is 8.18. The fourth-order valence-electron chi connectivity index (χ4n) is 4.76. The second kappa shape index (κ2) is 10.7. The van der Waals surface area contributed by atoms with Crippen molar-refractivity contribution in [2.24, 2.45) is 10.9 Å². The fourth-order valence-corrected chi connectivity index (χ4v) is 5.57. The zero-order chi connectivity index (χ0) is 28.8. The number of thioether (sulfide) groups is 1. The second-order valence-electron chi connectivity index (χ2n) is 9.73. The van der Waals surface area contributed by atoms with Crippen molar-refractivity contribution >= 4 is 28.7 Å². The van der Waals surface area contributed by atoms with E-state index in [1.807, 2.05) is 6.08 Å². The van der Waals surface area contributed by atoms with Gasteiger partial charge in [0.1, 0.15) is 5.84 Å². The molecule has 1 aromatic rings. The lowest BCUT2D eigenvalue weighted by Crippen LogP contribution is -2.48. The molecule has 0 bridgehead atoms. The van der Waals surface area contributed by atoms with Gasteiger partial charge in [0.15, 0.2) is 11.8 Å². The maximum absolute atomic E-state index is 13.5. The van der Waals surface area contributed by atoms with Crippen molar-refractivity contribution in [1.29, 1.82) is 0 Å². The minimum atomic E-state index is -4.92. The first-order chi connectivity index (χ1) is 18.1. The van der Waals surface area contributed by atoms with Gasteiger partial charge in [0.25, 0.3) is 11.1 Å². The molecular weight excluding hydrogens is 552 g/mol. The summed E-state index contributed by atoms with van der Waals surface area (Å²) in [6.45, 7) is 2.33. The van der Waals surface area contributed by atoms with E-state index in [2.05, 4.69) is 15.7 Å². The summed E-state index contributed by atoms with van der Waals surface area (Å²) < 4.78 is 84.9. The molecule has 3 aliphatic rings. The number of piperidine rings is 1. The van der Waals surface area contributed by atoms with Crippen LogP contribution in [-0.2, 0) is 28.4 Å². The highest BCUT2D eigenvalue weighted by Gasteiger charge is 2.49. The number of nitrogens with one attached hydrogen (secondary N) is 2. The van der Waals surface area contributed by atoms with Crippen molar-refractivity contribution in [2.45, 2.75) is 50.4 Å². The molecule has 0 saturated carbocycles. The van der Waals surface area contributed by atoms with Crippen LogP contribution >= 0.6 is 11.8 Å². The smallest absolute Gasteiger partial charge is 0.360 e. The topological polar surface area (TPSA) is 86.3 Å². The Bertz CT molecular complexity index is 1200. The summed E-state index contributed by atoms with van der Waals surface area (Å²) in [6.07, 6.45) is -6.83. The number of halogens is 6. The fraction of sp³-hybridized carbons (Fsp3) is 0.542. The van der Waals surface area contributed by atoms with Gasteiger partial charge in [-0.1, -0.05) is 12.1 Å². The molecule has 3 aliphatic heterocycles. The number of aliphatic imine (C=N–C) groups is 1. The van der Waals surface area contributed by atoms with Gasteiger partial charge in [-0.15, -0.1) is 0 Å². The van der Waals surface area contributed by atoms with Crippen molar-refractivity contribution < 1.29 is 40.7 Å².